The Hall–Kier alpha value is -2.36. The van der Waals surface area contributed by atoms with Crippen molar-refractivity contribution in [2.24, 2.45) is 0 Å². The van der Waals surface area contributed by atoms with Gasteiger partial charge in [-0.25, -0.2) is 0 Å². The molecule has 1 atom stereocenters. The highest BCUT2D eigenvalue weighted by Crippen LogP contribution is 2.38. The summed E-state index contributed by atoms with van der Waals surface area (Å²) in [5, 5.41) is 2.87. The second-order valence-corrected chi connectivity index (χ2v) is 5.64. The molecule has 0 spiro atoms. The standard InChI is InChI=1S/C18H19NO3/c1-2-10-22-13-8-6-12(7-9-13)14-11-17(21)19-15-4-3-5-16(20)18(14)15/h2,6-9,14H,1,3-5,10-11H2,(H,19,21). The van der Waals surface area contributed by atoms with Gasteiger partial charge >= 0.3 is 0 Å². The van der Waals surface area contributed by atoms with Gasteiger partial charge in [0.2, 0.25) is 5.91 Å². The van der Waals surface area contributed by atoms with Gasteiger partial charge in [-0.3, -0.25) is 9.59 Å². The van der Waals surface area contributed by atoms with Crippen LogP contribution in [0.2, 0.25) is 0 Å². The van der Waals surface area contributed by atoms with Crippen LogP contribution < -0.4 is 10.1 Å². The lowest BCUT2D eigenvalue weighted by molar-refractivity contribution is -0.122. The van der Waals surface area contributed by atoms with Gasteiger partial charge in [-0.2, -0.15) is 0 Å². The summed E-state index contributed by atoms with van der Waals surface area (Å²) in [6, 6.07) is 7.63. The highest BCUT2D eigenvalue weighted by atomic mass is 16.5. The fourth-order valence-corrected chi connectivity index (χ4v) is 3.14. The van der Waals surface area contributed by atoms with Crippen LogP contribution in [0, 0.1) is 0 Å². The third kappa shape index (κ3) is 2.82. The second-order valence-electron chi connectivity index (χ2n) is 5.64. The van der Waals surface area contributed by atoms with Gasteiger partial charge in [0.15, 0.2) is 5.78 Å². The van der Waals surface area contributed by atoms with Crippen LogP contribution in [0.25, 0.3) is 0 Å². The Bertz CT molecular complexity index is 643. The molecule has 1 aliphatic heterocycles. The minimum Gasteiger partial charge on any atom is -0.490 e. The zero-order chi connectivity index (χ0) is 15.5. The van der Waals surface area contributed by atoms with Crippen molar-refractivity contribution in [3.63, 3.8) is 0 Å². The molecule has 1 amide bonds. The van der Waals surface area contributed by atoms with Crippen molar-refractivity contribution in [3.05, 3.63) is 53.8 Å². The Morgan fingerprint density at radius 1 is 1.23 bits per heavy atom. The van der Waals surface area contributed by atoms with E-state index in [2.05, 4.69) is 11.9 Å². The number of amides is 1. The number of benzene rings is 1. The summed E-state index contributed by atoms with van der Waals surface area (Å²) in [4.78, 5) is 24.2. The van der Waals surface area contributed by atoms with Crippen LogP contribution in [0.5, 0.6) is 5.75 Å². The molecule has 4 heteroatoms. The lowest BCUT2D eigenvalue weighted by atomic mass is 9.78. The van der Waals surface area contributed by atoms with Gasteiger partial charge in [0.05, 0.1) is 0 Å². The maximum absolute atomic E-state index is 12.3. The molecule has 2 aliphatic rings. The van der Waals surface area contributed by atoms with E-state index in [0.717, 1.165) is 35.4 Å². The summed E-state index contributed by atoms with van der Waals surface area (Å²) in [6.45, 7) is 4.07. The van der Waals surface area contributed by atoms with Crippen molar-refractivity contribution in [2.45, 2.75) is 31.6 Å². The number of hydrogen-bond acceptors (Lipinski definition) is 3. The molecule has 0 saturated carbocycles. The Balaban J connectivity index is 1.90. The van der Waals surface area contributed by atoms with Gasteiger partial charge in [0, 0.05) is 30.0 Å². The molecule has 0 aromatic heterocycles. The Morgan fingerprint density at radius 2 is 2.00 bits per heavy atom. The van der Waals surface area contributed by atoms with E-state index in [0.29, 0.717) is 19.4 Å². The number of carbonyl (C=O) groups is 2. The van der Waals surface area contributed by atoms with Gasteiger partial charge < -0.3 is 10.1 Å². The average Bonchev–Trinajstić information content (AvgIpc) is 2.52. The molecule has 22 heavy (non-hydrogen) atoms. The number of nitrogens with one attached hydrogen (secondary N) is 1. The summed E-state index contributed by atoms with van der Waals surface area (Å²) in [7, 11) is 0. The molecule has 0 radical (unpaired) electrons. The highest BCUT2D eigenvalue weighted by molar-refractivity contribution is 6.01. The number of allylic oxidation sites excluding steroid dienone is 2. The Labute approximate surface area is 129 Å². The van der Waals surface area contributed by atoms with Crippen LogP contribution >= 0.6 is 0 Å². The number of Topliss-reactive ketones (excluding diaryl/α,β-unsaturated/α-hetero) is 1. The monoisotopic (exact) mass is 297 g/mol. The van der Waals surface area contributed by atoms with Crippen LogP contribution in [-0.2, 0) is 9.59 Å². The summed E-state index contributed by atoms with van der Waals surface area (Å²) < 4.78 is 5.47. The first-order chi connectivity index (χ1) is 10.7. The van der Waals surface area contributed by atoms with Crippen molar-refractivity contribution >= 4 is 11.7 Å². The summed E-state index contributed by atoms with van der Waals surface area (Å²) in [5.74, 6) is 0.779. The van der Waals surface area contributed by atoms with Crippen molar-refractivity contribution < 1.29 is 14.3 Å². The second kappa shape index (κ2) is 6.18. The summed E-state index contributed by atoms with van der Waals surface area (Å²) in [6.07, 6.45) is 4.20. The molecule has 1 N–H and O–H groups in total. The average molecular weight is 297 g/mol. The molecule has 0 saturated heterocycles. The van der Waals surface area contributed by atoms with Crippen LogP contribution in [0.3, 0.4) is 0 Å². The van der Waals surface area contributed by atoms with Crippen molar-refractivity contribution in [1.82, 2.24) is 5.32 Å². The van der Waals surface area contributed by atoms with Gasteiger partial charge in [-0.15, -0.1) is 0 Å². The first-order valence-electron chi connectivity index (χ1n) is 7.59. The van der Waals surface area contributed by atoms with E-state index in [4.69, 9.17) is 4.74 Å². The van der Waals surface area contributed by atoms with E-state index in [1.54, 1.807) is 6.08 Å². The molecular formula is C18H19NO3. The molecule has 3 rings (SSSR count). The molecule has 1 aromatic carbocycles. The first-order valence-corrected chi connectivity index (χ1v) is 7.59. The molecule has 4 nitrogen and oxygen atoms in total. The van der Waals surface area contributed by atoms with E-state index in [1.165, 1.54) is 0 Å². The van der Waals surface area contributed by atoms with Crippen LogP contribution in [-0.4, -0.2) is 18.3 Å². The number of ketones is 1. The van der Waals surface area contributed by atoms with Gasteiger partial charge in [-0.1, -0.05) is 24.8 Å². The molecule has 1 unspecified atom stereocenters. The van der Waals surface area contributed by atoms with E-state index in [1.807, 2.05) is 24.3 Å². The predicted octanol–water partition coefficient (Wildman–Crippen LogP) is 2.86. The van der Waals surface area contributed by atoms with Crippen molar-refractivity contribution in [1.29, 1.82) is 0 Å². The molecular weight excluding hydrogens is 278 g/mol. The molecule has 0 fully saturated rings. The van der Waals surface area contributed by atoms with E-state index < -0.39 is 0 Å². The van der Waals surface area contributed by atoms with Gasteiger partial charge in [0.1, 0.15) is 12.4 Å². The molecule has 1 aliphatic carbocycles. The zero-order valence-electron chi connectivity index (χ0n) is 12.4. The Morgan fingerprint density at radius 3 is 2.73 bits per heavy atom. The smallest absolute Gasteiger partial charge is 0.225 e. The number of hydrogen-bond donors (Lipinski definition) is 1. The number of ether oxygens (including phenoxy) is 1. The predicted molar refractivity (Wildman–Crippen MR) is 83.5 cm³/mol. The molecule has 0 bridgehead atoms. The summed E-state index contributed by atoms with van der Waals surface area (Å²) in [5.41, 5.74) is 2.61. The fraction of sp³-hybridized carbons (Fsp3) is 0.333. The van der Waals surface area contributed by atoms with Crippen LogP contribution in [0.1, 0.15) is 37.2 Å². The number of rotatable bonds is 4. The SMILES string of the molecule is C=CCOc1ccc(C2CC(=O)NC3=C2C(=O)CCC3)cc1. The van der Waals surface area contributed by atoms with E-state index in [9.17, 15) is 9.59 Å². The van der Waals surface area contributed by atoms with Crippen molar-refractivity contribution in [2.75, 3.05) is 6.61 Å². The maximum atomic E-state index is 12.3. The minimum absolute atomic E-state index is 0.00886. The van der Waals surface area contributed by atoms with Crippen molar-refractivity contribution in [3.8, 4) is 5.75 Å². The minimum atomic E-state index is -0.134. The third-order valence-corrected chi connectivity index (χ3v) is 4.13. The first kappa shape index (κ1) is 14.6. The number of carbonyl (C=O) groups excluding carboxylic acids is 2. The van der Waals surface area contributed by atoms with Gasteiger partial charge in [0.25, 0.3) is 0 Å². The van der Waals surface area contributed by atoms with Crippen LogP contribution in [0.15, 0.2) is 48.2 Å². The normalized spacial score (nSPS) is 21.2. The largest absolute Gasteiger partial charge is 0.490 e. The molecule has 114 valence electrons. The fourth-order valence-electron chi connectivity index (χ4n) is 3.14. The zero-order valence-corrected chi connectivity index (χ0v) is 12.4. The molecule has 1 heterocycles. The lowest BCUT2D eigenvalue weighted by Gasteiger charge is -2.31. The van der Waals surface area contributed by atoms with Gasteiger partial charge in [-0.05, 0) is 30.5 Å². The maximum Gasteiger partial charge on any atom is 0.225 e. The summed E-state index contributed by atoms with van der Waals surface area (Å²) >= 11 is 0. The molecule has 1 aromatic rings. The third-order valence-electron chi connectivity index (χ3n) is 4.13. The van der Waals surface area contributed by atoms with E-state index in [-0.39, 0.29) is 17.6 Å². The van der Waals surface area contributed by atoms with E-state index >= 15 is 0 Å². The topological polar surface area (TPSA) is 55.4 Å². The quantitative estimate of drug-likeness (QED) is 0.869. The van der Waals surface area contributed by atoms with Crippen LogP contribution in [0.4, 0.5) is 0 Å². The lowest BCUT2D eigenvalue weighted by Crippen LogP contribution is -2.36. The highest BCUT2D eigenvalue weighted by Gasteiger charge is 2.34. The Kier molecular flexibility index (Phi) is 4.09.